The van der Waals surface area contributed by atoms with Crippen LogP contribution in [0.15, 0.2) is 0 Å². The first-order valence-corrected chi connectivity index (χ1v) is 5.56. The summed E-state index contributed by atoms with van der Waals surface area (Å²) in [5, 5.41) is 9.21. The van der Waals surface area contributed by atoms with Crippen LogP contribution in [0.3, 0.4) is 0 Å². The number of carbonyl (C=O) groups excluding carboxylic acids is 1. The summed E-state index contributed by atoms with van der Waals surface area (Å²) in [6.45, 7) is 0.660. The first-order valence-electron chi connectivity index (χ1n) is 5.56. The number of Topliss-reactive ketones (excluding diaryl/α,β-unsaturated/α-hetero) is 1. The molecule has 0 aliphatic heterocycles. The SMILES string of the molecule is CC(O)(CC(=O)C1CCCCC1)C(F)(F)F. The Morgan fingerprint density at radius 2 is 1.75 bits per heavy atom. The quantitative estimate of drug-likeness (QED) is 0.820. The molecule has 0 heterocycles. The lowest BCUT2D eigenvalue weighted by Gasteiger charge is -2.28. The molecule has 0 saturated heterocycles. The lowest BCUT2D eigenvalue weighted by Crippen LogP contribution is -2.45. The summed E-state index contributed by atoms with van der Waals surface area (Å²) in [7, 11) is 0. The highest BCUT2D eigenvalue weighted by molar-refractivity contribution is 5.82. The summed E-state index contributed by atoms with van der Waals surface area (Å²) in [6, 6.07) is 0. The Bertz CT molecular complexity index is 252. The van der Waals surface area contributed by atoms with Crippen LogP contribution in [0.5, 0.6) is 0 Å². The molecule has 1 saturated carbocycles. The molecule has 0 aromatic heterocycles. The molecule has 0 bridgehead atoms. The van der Waals surface area contributed by atoms with E-state index >= 15 is 0 Å². The molecule has 94 valence electrons. The largest absolute Gasteiger partial charge is 0.417 e. The number of rotatable bonds is 3. The third-order valence-electron chi connectivity index (χ3n) is 3.19. The summed E-state index contributed by atoms with van der Waals surface area (Å²) in [4.78, 5) is 11.6. The number of halogens is 3. The summed E-state index contributed by atoms with van der Waals surface area (Å²) in [5.74, 6) is -0.746. The van der Waals surface area contributed by atoms with Crippen molar-refractivity contribution in [2.75, 3.05) is 0 Å². The summed E-state index contributed by atoms with van der Waals surface area (Å²) >= 11 is 0. The van der Waals surface area contributed by atoms with Gasteiger partial charge in [0.15, 0.2) is 5.60 Å². The molecule has 1 rings (SSSR count). The summed E-state index contributed by atoms with van der Waals surface area (Å²) in [6.07, 6.45) is -1.41. The van der Waals surface area contributed by atoms with E-state index in [1.165, 1.54) is 0 Å². The van der Waals surface area contributed by atoms with Crippen molar-refractivity contribution in [2.45, 2.75) is 57.2 Å². The number of hydrogen-bond acceptors (Lipinski definition) is 2. The van der Waals surface area contributed by atoms with E-state index in [-0.39, 0.29) is 5.92 Å². The standard InChI is InChI=1S/C11H17F3O2/c1-10(16,11(12,13)14)7-9(15)8-5-3-2-4-6-8/h8,16H,2-7H2,1H3. The highest BCUT2D eigenvalue weighted by atomic mass is 19.4. The van der Waals surface area contributed by atoms with Crippen molar-refractivity contribution in [1.82, 2.24) is 0 Å². The Kier molecular flexibility index (Phi) is 3.99. The first kappa shape index (κ1) is 13.5. The van der Waals surface area contributed by atoms with Crippen molar-refractivity contribution in [1.29, 1.82) is 0 Å². The molecular weight excluding hydrogens is 221 g/mol. The van der Waals surface area contributed by atoms with Gasteiger partial charge in [0.1, 0.15) is 5.78 Å². The van der Waals surface area contributed by atoms with Crippen LogP contribution in [0.4, 0.5) is 13.2 Å². The minimum Gasteiger partial charge on any atom is -0.380 e. The Morgan fingerprint density at radius 3 is 2.19 bits per heavy atom. The van der Waals surface area contributed by atoms with E-state index in [1.54, 1.807) is 0 Å². The van der Waals surface area contributed by atoms with Gasteiger partial charge in [0.25, 0.3) is 0 Å². The van der Waals surface area contributed by atoms with Gasteiger partial charge in [0.05, 0.1) is 0 Å². The maximum atomic E-state index is 12.4. The molecule has 0 radical (unpaired) electrons. The maximum Gasteiger partial charge on any atom is 0.417 e. The molecule has 1 unspecified atom stereocenters. The van der Waals surface area contributed by atoms with Crippen molar-refractivity contribution in [3.05, 3.63) is 0 Å². The fourth-order valence-corrected chi connectivity index (χ4v) is 2.01. The Labute approximate surface area is 92.8 Å². The first-order chi connectivity index (χ1) is 7.24. The molecule has 1 aliphatic carbocycles. The van der Waals surface area contributed by atoms with Gasteiger partial charge in [-0.3, -0.25) is 4.79 Å². The van der Waals surface area contributed by atoms with E-state index in [2.05, 4.69) is 0 Å². The minimum absolute atomic E-state index is 0.289. The summed E-state index contributed by atoms with van der Waals surface area (Å²) < 4.78 is 37.1. The van der Waals surface area contributed by atoms with Crippen LogP contribution in [0.1, 0.15) is 45.4 Å². The average molecular weight is 238 g/mol. The van der Waals surface area contributed by atoms with Gasteiger partial charge in [-0.25, -0.2) is 0 Å². The third-order valence-corrected chi connectivity index (χ3v) is 3.19. The number of alkyl halides is 3. The Balaban J connectivity index is 2.56. The maximum absolute atomic E-state index is 12.4. The van der Waals surface area contributed by atoms with Crippen molar-refractivity contribution in [3.63, 3.8) is 0 Å². The number of ketones is 1. The average Bonchev–Trinajstić information content (AvgIpc) is 2.16. The zero-order valence-electron chi connectivity index (χ0n) is 9.31. The van der Waals surface area contributed by atoms with Gasteiger partial charge in [-0.05, 0) is 19.8 Å². The van der Waals surface area contributed by atoms with Crippen LogP contribution >= 0.6 is 0 Å². The molecule has 1 atom stereocenters. The zero-order chi connectivity index (χ0) is 12.4. The van der Waals surface area contributed by atoms with Gasteiger partial charge < -0.3 is 5.11 Å². The van der Waals surface area contributed by atoms with Crippen molar-refractivity contribution in [3.8, 4) is 0 Å². The second-order valence-electron chi connectivity index (χ2n) is 4.75. The second-order valence-corrected chi connectivity index (χ2v) is 4.75. The van der Waals surface area contributed by atoms with Crippen LogP contribution in [-0.4, -0.2) is 22.7 Å². The zero-order valence-corrected chi connectivity index (χ0v) is 9.31. The highest BCUT2D eigenvalue weighted by Gasteiger charge is 2.51. The van der Waals surface area contributed by atoms with E-state index < -0.39 is 24.0 Å². The van der Waals surface area contributed by atoms with E-state index in [9.17, 15) is 23.1 Å². The van der Waals surface area contributed by atoms with Crippen molar-refractivity contribution >= 4 is 5.78 Å². The normalized spacial score (nSPS) is 22.8. The third kappa shape index (κ3) is 3.20. The predicted octanol–water partition coefficient (Wildman–Crippen LogP) is 2.84. The lowest BCUT2D eigenvalue weighted by molar-refractivity contribution is -0.253. The fraction of sp³-hybridized carbons (Fsp3) is 0.909. The molecule has 16 heavy (non-hydrogen) atoms. The van der Waals surface area contributed by atoms with Gasteiger partial charge in [0, 0.05) is 12.3 Å². The minimum atomic E-state index is -4.74. The number of hydrogen-bond donors (Lipinski definition) is 1. The fourth-order valence-electron chi connectivity index (χ4n) is 2.01. The Morgan fingerprint density at radius 1 is 1.25 bits per heavy atom. The second kappa shape index (κ2) is 4.73. The number of aliphatic hydroxyl groups is 1. The topological polar surface area (TPSA) is 37.3 Å². The van der Waals surface area contributed by atoms with Gasteiger partial charge in [-0.2, -0.15) is 13.2 Å². The van der Waals surface area contributed by atoms with Crippen LogP contribution < -0.4 is 0 Å². The molecule has 1 aliphatic rings. The smallest absolute Gasteiger partial charge is 0.380 e. The molecule has 1 fully saturated rings. The molecular formula is C11H17F3O2. The van der Waals surface area contributed by atoms with Gasteiger partial charge in [-0.1, -0.05) is 19.3 Å². The predicted molar refractivity (Wildman–Crippen MR) is 52.9 cm³/mol. The van der Waals surface area contributed by atoms with E-state index in [4.69, 9.17) is 0 Å². The highest BCUT2D eigenvalue weighted by Crippen LogP contribution is 2.35. The summed E-state index contributed by atoms with van der Waals surface area (Å²) in [5.41, 5.74) is -2.89. The molecule has 1 N–H and O–H groups in total. The molecule has 2 nitrogen and oxygen atoms in total. The monoisotopic (exact) mass is 238 g/mol. The van der Waals surface area contributed by atoms with Crippen LogP contribution in [0.2, 0.25) is 0 Å². The van der Waals surface area contributed by atoms with Crippen LogP contribution in [0, 0.1) is 5.92 Å². The molecule has 0 aromatic rings. The molecule has 0 aromatic carbocycles. The van der Waals surface area contributed by atoms with E-state index in [1.807, 2.05) is 0 Å². The molecule has 5 heteroatoms. The molecule has 0 amide bonds. The van der Waals surface area contributed by atoms with Crippen molar-refractivity contribution in [2.24, 2.45) is 5.92 Å². The van der Waals surface area contributed by atoms with Gasteiger partial charge >= 0.3 is 6.18 Å². The van der Waals surface area contributed by atoms with E-state index in [0.29, 0.717) is 19.8 Å². The lowest BCUT2D eigenvalue weighted by atomic mass is 9.82. The number of carbonyl (C=O) groups is 1. The Hall–Kier alpha value is -0.580. The van der Waals surface area contributed by atoms with Gasteiger partial charge in [0.2, 0.25) is 0 Å². The molecule has 0 spiro atoms. The van der Waals surface area contributed by atoms with Crippen molar-refractivity contribution < 1.29 is 23.1 Å². The van der Waals surface area contributed by atoms with E-state index in [0.717, 1.165) is 19.3 Å². The van der Waals surface area contributed by atoms with Crippen LogP contribution in [0.25, 0.3) is 0 Å². The van der Waals surface area contributed by atoms with Crippen LogP contribution in [-0.2, 0) is 4.79 Å². The van der Waals surface area contributed by atoms with Gasteiger partial charge in [-0.15, -0.1) is 0 Å².